The maximum Gasteiger partial charge on any atom is 0.258 e. The predicted molar refractivity (Wildman–Crippen MR) is 112 cm³/mol. The van der Waals surface area contributed by atoms with Crippen LogP contribution in [-0.4, -0.2) is 23.4 Å². The Balaban J connectivity index is 1.45. The Labute approximate surface area is 169 Å². The van der Waals surface area contributed by atoms with Crippen molar-refractivity contribution in [3.05, 3.63) is 89.2 Å². The number of ether oxygens (including phenoxy) is 1. The maximum atomic E-state index is 12.1. The van der Waals surface area contributed by atoms with Crippen LogP contribution in [0.25, 0.3) is 0 Å². The van der Waals surface area contributed by atoms with Gasteiger partial charge in [0.05, 0.1) is 5.56 Å². The number of hydrogen-bond donors (Lipinski definition) is 2. The first-order valence-corrected chi connectivity index (χ1v) is 9.28. The minimum Gasteiger partial charge on any atom is -0.484 e. The van der Waals surface area contributed by atoms with Crippen LogP contribution in [0.3, 0.4) is 0 Å². The Hall–Kier alpha value is -3.67. The van der Waals surface area contributed by atoms with E-state index in [4.69, 9.17) is 4.74 Å². The molecule has 0 unspecified atom stereocenters. The average Bonchev–Trinajstić information content (AvgIpc) is 2.74. The Morgan fingerprint density at radius 2 is 1.79 bits per heavy atom. The Morgan fingerprint density at radius 3 is 2.48 bits per heavy atom. The highest BCUT2D eigenvalue weighted by atomic mass is 16.5. The second-order valence-electron chi connectivity index (χ2n) is 6.70. The van der Waals surface area contributed by atoms with Crippen molar-refractivity contribution in [2.24, 2.45) is 0 Å². The lowest BCUT2D eigenvalue weighted by Gasteiger charge is -2.10. The number of aromatic nitrogens is 1. The molecule has 0 radical (unpaired) electrons. The number of amides is 2. The van der Waals surface area contributed by atoms with Gasteiger partial charge in [0.2, 0.25) is 0 Å². The predicted octanol–water partition coefficient (Wildman–Crippen LogP) is 3.65. The molecule has 0 bridgehead atoms. The van der Waals surface area contributed by atoms with E-state index in [1.807, 2.05) is 44.2 Å². The molecule has 0 saturated heterocycles. The molecule has 0 spiro atoms. The van der Waals surface area contributed by atoms with Gasteiger partial charge in [-0.15, -0.1) is 0 Å². The molecule has 148 valence electrons. The lowest BCUT2D eigenvalue weighted by molar-refractivity contribution is -0.123. The first-order chi connectivity index (χ1) is 14.0. The third-order valence-corrected chi connectivity index (χ3v) is 4.47. The van der Waals surface area contributed by atoms with E-state index < -0.39 is 0 Å². The summed E-state index contributed by atoms with van der Waals surface area (Å²) in [4.78, 5) is 28.1. The number of nitrogens with one attached hydrogen (secondary N) is 2. The van der Waals surface area contributed by atoms with Crippen LogP contribution in [0, 0.1) is 13.8 Å². The molecule has 1 heterocycles. The number of hydrogen-bond acceptors (Lipinski definition) is 4. The fourth-order valence-corrected chi connectivity index (χ4v) is 2.61. The molecule has 0 saturated carbocycles. The summed E-state index contributed by atoms with van der Waals surface area (Å²) in [5.41, 5.74) is 4.39. The quantitative estimate of drug-likeness (QED) is 0.646. The number of carbonyl (C=O) groups is 2. The molecule has 0 aliphatic rings. The van der Waals surface area contributed by atoms with Crippen LogP contribution >= 0.6 is 0 Å². The summed E-state index contributed by atoms with van der Waals surface area (Å²) in [5.74, 6) is 0.261. The molecule has 6 heteroatoms. The van der Waals surface area contributed by atoms with Crippen molar-refractivity contribution in [2.75, 3.05) is 11.9 Å². The van der Waals surface area contributed by atoms with Crippen molar-refractivity contribution < 1.29 is 14.3 Å². The molecule has 2 N–H and O–H groups in total. The molecule has 1 aromatic heterocycles. The fourth-order valence-electron chi connectivity index (χ4n) is 2.61. The second kappa shape index (κ2) is 9.50. The van der Waals surface area contributed by atoms with Crippen LogP contribution < -0.4 is 15.4 Å². The van der Waals surface area contributed by atoms with Crippen LogP contribution in [0.2, 0.25) is 0 Å². The summed E-state index contributed by atoms with van der Waals surface area (Å²) >= 11 is 0. The third-order valence-electron chi connectivity index (χ3n) is 4.47. The van der Waals surface area contributed by atoms with Gasteiger partial charge >= 0.3 is 0 Å². The van der Waals surface area contributed by atoms with Crippen molar-refractivity contribution in [1.82, 2.24) is 10.3 Å². The summed E-state index contributed by atoms with van der Waals surface area (Å²) in [5, 5.41) is 5.63. The second-order valence-corrected chi connectivity index (χ2v) is 6.70. The van der Waals surface area contributed by atoms with Crippen LogP contribution in [0.1, 0.15) is 27.0 Å². The van der Waals surface area contributed by atoms with E-state index in [9.17, 15) is 9.59 Å². The van der Waals surface area contributed by atoms with Gasteiger partial charge < -0.3 is 15.4 Å². The first-order valence-electron chi connectivity index (χ1n) is 9.28. The van der Waals surface area contributed by atoms with E-state index in [1.165, 1.54) is 11.8 Å². The summed E-state index contributed by atoms with van der Waals surface area (Å²) in [6.07, 6.45) is 3.13. The van der Waals surface area contributed by atoms with Crippen molar-refractivity contribution in [2.45, 2.75) is 20.4 Å². The van der Waals surface area contributed by atoms with Crippen LogP contribution in [0.15, 0.2) is 67.0 Å². The zero-order valence-corrected chi connectivity index (χ0v) is 16.4. The first kappa shape index (κ1) is 20.1. The van der Waals surface area contributed by atoms with Gasteiger partial charge in [-0.05, 0) is 66.9 Å². The zero-order chi connectivity index (χ0) is 20.6. The Kier molecular flexibility index (Phi) is 6.58. The van der Waals surface area contributed by atoms with Gasteiger partial charge in [-0.1, -0.05) is 18.2 Å². The summed E-state index contributed by atoms with van der Waals surface area (Å²) in [7, 11) is 0. The van der Waals surface area contributed by atoms with Crippen LogP contribution in [0.4, 0.5) is 5.69 Å². The summed E-state index contributed by atoms with van der Waals surface area (Å²) in [6, 6.07) is 16.4. The topological polar surface area (TPSA) is 80.3 Å². The van der Waals surface area contributed by atoms with Gasteiger partial charge in [0.25, 0.3) is 11.8 Å². The lowest BCUT2D eigenvalue weighted by atomic mass is 10.1. The highest BCUT2D eigenvalue weighted by Gasteiger charge is 2.07. The van der Waals surface area contributed by atoms with Gasteiger partial charge in [0, 0.05) is 24.6 Å². The van der Waals surface area contributed by atoms with E-state index >= 15 is 0 Å². The average molecular weight is 389 g/mol. The molecular formula is C23H23N3O3. The Bertz CT molecular complexity index is 986. The molecule has 3 rings (SSSR count). The van der Waals surface area contributed by atoms with Gasteiger partial charge in [-0.3, -0.25) is 14.6 Å². The van der Waals surface area contributed by atoms with Crippen molar-refractivity contribution in [3.63, 3.8) is 0 Å². The summed E-state index contributed by atoms with van der Waals surface area (Å²) < 4.78 is 5.53. The number of rotatable bonds is 7. The number of carbonyl (C=O) groups excluding carboxylic acids is 2. The van der Waals surface area contributed by atoms with Crippen LogP contribution in [-0.2, 0) is 11.3 Å². The molecule has 0 fully saturated rings. The van der Waals surface area contributed by atoms with Gasteiger partial charge in [-0.25, -0.2) is 0 Å². The molecule has 29 heavy (non-hydrogen) atoms. The largest absolute Gasteiger partial charge is 0.484 e. The number of benzene rings is 2. The summed E-state index contributed by atoms with van der Waals surface area (Å²) in [6.45, 7) is 4.38. The minimum absolute atomic E-state index is 0.0399. The molecule has 6 nitrogen and oxygen atoms in total. The van der Waals surface area contributed by atoms with Gasteiger partial charge in [0.1, 0.15) is 5.75 Å². The molecule has 3 aromatic rings. The third kappa shape index (κ3) is 5.90. The number of pyridine rings is 1. The lowest BCUT2D eigenvalue weighted by Crippen LogP contribution is -2.28. The standard InChI is InChI=1S/C23H23N3O3/c1-16-5-10-21(12-17(16)2)29-15-22(27)25-13-18-6-8-20(9-7-18)26-23(28)19-4-3-11-24-14-19/h3-12,14H,13,15H2,1-2H3,(H,25,27)(H,26,28). The number of anilines is 1. The van der Waals surface area contributed by atoms with Gasteiger partial charge in [0.15, 0.2) is 6.61 Å². The molecular weight excluding hydrogens is 366 g/mol. The molecule has 2 aromatic carbocycles. The molecule has 0 aliphatic heterocycles. The number of nitrogens with zero attached hydrogens (tertiary/aromatic N) is 1. The smallest absolute Gasteiger partial charge is 0.258 e. The Morgan fingerprint density at radius 1 is 1.00 bits per heavy atom. The SMILES string of the molecule is Cc1ccc(OCC(=O)NCc2ccc(NC(=O)c3cccnc3)cc2)cc1C. The van der Waals surface area contributed by atoms with E-state index in [0.29, 0.717) is 23.5 Å². The highest BCUT2D eigenvalue weighted by Crippen LogP contribution is 2.16. The van der Waals surface area contributed by atoms with Gasteiger partial charge in [-0.2, -0.15) is 0 Å². The minimum atomic E-state index is -0.220. The monoisotopic (exact) mass is 389 g/mol. The van der Waals surface area contributed by atoms with E-state index in [-0.39, 0.29) is 18.4 Å². The maximum absolute atomic E-state index is 12.1. The van der Waals surface area contributed by atoms with E-state index in [1.54, 1.807) is 30.5 Å². The van der Waals surface area contributed by atoms with Crippen LogP contribution in [0.5, 0.6) is 5.75 Å². The van der Waals surface area contributed by atoms with E-state index in [0.717, 1.165) is 11.1 Å². The normalized spacial score (nSPS) is 10.3. The van der Waals surface area contributed by atoms with E-state index in [2.05, 4.69) is 15.6 Å². The van der Waals surface area contributed by atoms with Crippen molar-refractivity contribution in [3.8, 4) is 5.75 Å². The number of aryl methyl sites for hydroxylation is 2. The zero-order valence-electron chi connectivity index (χ0n) is 16.4. The highest BCUT2D eigenvalue weighted by molar-refractivity contribution is 6.04. The van der Waals surface area contributed by atoms with Crippen molar-refractivity contribution >= 4 is 17.5 Å². The molecule has 0 aliphatic carbocycles. The molecule has 2 amide bonds. The van der Waals surface area contributed by atoms with Crippen molar-refractivity contribution in [1.29, 1.82) is 0 Å². The fraction of sp³-hybridized carbons (Fsp3) is 0.174. The molecule has 0 atom stereocenters.